The van der Waals surface area contributed by atoms with Crippen molar-refractivity contribution in [2.45, 2.75) is 74.6 Å². The highest BCUT2D eigenvalue weighted by molar-refractivity contribution is 5.92. The molecule has 3 aliphatic carbocycles. The monoisotopic (exact) mass is 529 g/mol. The van der Waals surface area contributed by atoms with Crippen LogP contribution in [-0.2, 0) is 16.6 Å². The van der Waals surface area contributed by atoms with Gasteiger partial charge in [-0.2, -0.15) is 0 Å². The smallest absolute Gasteiger partial charge is 0.251 e. The van der Waals surface area contributed by atoms with Gasteiger partial charge in [0.1, 0.15) is 11.5 Å². The van der Waals surface area contributed by atoms with Crippen molar-refractivity contribution in [2.75, 3.05) is 20.1 Å². The maximum absolute atomic E-state index is 13.4. The van der Waals surface area contributed by atoms with Gasteiger partial charge in [-0.1, -0.05) is 35.9 Å². The predicted molar refractivity (Wildman–Crippen MR) is 146 cm³/mol. The molecule has 0 radical (unpaired) electrons. The molecule has 1 spiro atoms. The van der Waals surface area contributed by atoms with Crippen molar-refractivity contribution < 1.29 is 19.6 Å². The van der Waals surface area contributed by atoms with Gasteiger partial charge < -0.3 is 14.7 Å². The summed E-state index contributed by atoms with van der Waals surface area (Å²) in [5, 5.41) is 24.2. The zero-order valence-corrected chi connectivity index (χ0v) is 22.5. The molecule has 5 atom stereocenters. The van der Waals surface area contributed by atoms with E-state index >= 15 is 0 Å². The van der Waals surface area contributed by atoms with Crippen LogP contribution in [0.15, 0.2) is 42.5 Å². The number of nitrogens with zero attached hydrogens (tertiary/aromatic N) is 3. The van der Waals surface area contributed by atoms with Gasteiger partial charge >= 0.3 is 0 Å². The Morgan fingerprint density at radius 3 is 2.82 bits per heavy atom. The van der Waals surface area contributed by atoms with Crippen LogP contribution in [0.25, 0.3) is 6.08 Å². The molecular weight excluding hydrogens is 494 g/mol. The van der Waals surface area contributed by atoms with E-state index in [9.17, 15) is 20.0 Å². The van der Waals surface area contributed by atoms with Crippen LogP contribution < -0.4 is 4.74 Å². The fraction of sp³-hybridized carbons (Fsp3) is 0.516. The van der Waals surface area contributed by atoms with Crippen LogP contribution in [0.3, 0.4) is 0 Å². The highest BCUT2D eigenvalue weighted by Gasteiger charge is 2.80. The molecule has 2 heterocycles. The Bertz CT molecular complexity index is 1400. The van der Waals surface area contributed by atoms with Crippen LogP contribution in [0.2, 0.25) is 0 Å². The fourth-order valence-corrected chi connectivity index (χ4v) is 8.45. The minimum Gasteiger partial charge on any atom is -0.504 e. The number of nitro groups is 1. The number of carbonyl (C=O) groups is 1. The number of amides is 1. The molecule has 1 N–H and O–H groups in total. The first-order valence-corrected chi connectivity index (χ1v) is 14.2. The molecule has 2 saturated carbocycles. The van der Waals surface area contributed by atoms with Gasteiger partial charge in [0.2, 0.25) is 5.91 Å². The summed E-state index contributed by atoms with van der Waals surface area (Å²) in [4.78, 5) is 30.8. The van der Waals surface area contributed by atoms with Crippen LogP contribution >= 0.6 is 0 Å². The molecule has 2 aromatic carbocycles. The first-order chi connectivity index (χ1) is 18.8. The van der Waals surface area contributed by atoms with Crippen molar-refractivity contribution in [3.05, 3.63) is 74.8 Å². The van der Waals surface area contributed by atoms with Gasteiger partial charge in [0.15, 0.2) is 11.5 Å². The number of rotatable bonds is 6. The molecule has 2 aromatic rings. The maximum atomic E-state index is 13.4. The Morgan fingerprint density at radius 1 is 1.26 bits per heavy atom. The zero-order chi connectivity index (χ0) is 27.1. The highest BCUT2D eigenvalue weighted by Crippen LogP contribution is 2.67. The second-order valence-electron chi connectivity index (χ2n) is 12.3. The van der Waals surface area contributed by atoms with Crippen molar-refractivity contribution in [3.8, 4) is 11.5 Å². The topological polar surface area (TPSA) is 96.2 Å². The molecule has 7 rings (SSSR count). The van der Waals surface area contributed by atoms with Gasteiger partial charge in [-0.05, 0) is 74.8 Å². The highest BCUT2D eigenvalue weighted by atomic mass is 16.6. The van der Waals surface area contributed by atoms with Gasteiger partial charge in [-0.25, -0.2) is 0 Å². The lowest BCUT2D eigenvalue weighted by atomic mass is 9.46. The lowest BCUT2D eigenvalue weighted by Crippen LogP contribution is -2.80. The summed E-state index contributed by atoms with van der Waals surface area (Å²) in [6.07, 6.45) is 7.23. The summed E-state index contributed by atoms with van der Waals surface area (Å²) in [6, 6.07) is 11.0. The SMILES string of the molecule is Cc1cccc(C=CC(=O)N(C)[C@@H]2CC[C@@]3([N+](=O)[O-])[C@H]4Cc5ccc(O)c6c5[C@@]3(CCN4CC3CC3)[C@H]2O6)c1. The minimum atomic E-state index is -1.21. The Hall–Kier alpha value is -3.39. The number of hydrogen-bond donors (Lipinski definition) is 1. The third-order valence-corrected chi connectivity index (χ3v) is 10.4. The van der Waals surface area contributed by atoms with Gasteiger partial charge in [-0.15, -0.1) is 0 Å². The van der Waals surface area contributed by atoms with Crippen LogP contribution in [0.1, 0.15) is 54.4 Å². The van der Waals surface area contributed by atoms with E-state index < -0.39 is 17.1 Å². The molecule has 204 valence electrons. The Kier molecular flexibility index (Phi) is 5.40. The lowest BCUT2D eigenvalue weighted by Gasteiger charge is -2.61. The quantitative estimate of drug-likeness (QED) is 0.344. The molecule has 0 aromatic heterocycles. The van der Waals surface area contributed by atoms with E-state index in [-0.39, 0.29) is 28.7 Å². The van der Waals surface area contributed by atoms with E-state index in [2.05, 4.69) is 4.90 Å². The zero-order valence-electron chi connectivity index (χ0n) is 22.5. The molecule has 3 fully saturated rings. The average Bonchev–Trinajstić information content (AvgIpc) is 3.67. The summed E-state index contributed by atoms with van der Waals surface area (Å²) in [7, 11) is 1.78. The molecule has 8 heteroatoms. The number of carbonyl (C=O) groups excluding carboxylic acids is 1. The van der Waals surface area contributed by atoms with Crippen LogP contribution in [-0.4, -0.2) is 69.6 Å². The van der Waals surface area contributed by atoms with Crippen molar-refractivity contribution in [3.63, 3.8) is 0 Å². The second kappa shape index (κ2) is 8.55. The molecule has 1 amide bonds. The van der Waals surface area contributed by atoms with Crippen LogP contribution in [0.5, 0.6) is 11.5 Å². The minimum absolute atomic E-state index is 0.00907. The normalized spacial score (nSPS) is 32.5. The van der Waals surface area contributed by atoms with E-state index in [1.807, 2.05) is 43.3 Å². The largest absolute Gasteiger partial charge is 0.504 e. The van der Waals surface area contributed by atoms with Crippen molar-refractivity contribution >= 4 is 12.0 Å². The lowest BCUT2D eigenvalue weighted by molar-refractivity contribution is -0.606. The predicted octanol–water partition coefficient (Wildman–Crippen LogP) is 4.09. The number of ether oxygens (including phenoxy) is 1. The average molecular weight is 530 g/mol. The van der Waals surface area contributed by atoms with E-state index in [0.717, 1.165) is 35.3 Å². The third-order valence-electron chi connectivity index (χ3n) is 10.4. The molecule has 2 aliphatic heterocycles. The molecule has 0 unspecified atom stereocenters. The van der Waals surface area contributed by atoms with Crippen LogP contribution in [0.4, 0.5) is 0 Å². The molecule has 5 aliphatic rings. The van der Waals surface area contributed by atoms with Gasteiger partial charge in [-0.3, -0.25) is 19.8 Å². The van der Waals surface area contributed by atoms with Crippen LogP contribution in [0, 0.1) is 23.0 Å². The van der Waals surface area contributed by atoms with Gasteiger partial charge in [0, 0.05) is 36.6 Å². The summed E-state index contributed by atoms with van der Waals surface area (Å²) < 4.78 is 6.58. The standard InChI is InChI=1S/C31H35N3O5/c1-19-4-3-5-20(16-19)8-11-26(36)32(2)23-12-13-31(34(37)38)25-17-22-9-10-24(35)28-27(22)30(31,29(23)39-28)14-15-33(25)18-21-6-7-21/h3-5,8-11,16,21,23,25,29,35H,6-7,12-15,17-18H2,1-2H3/t23-,25-,29+,30+,31-/m1/s1. The molecule has 39 heavy (non-hydrogen) atoms. The van der Waals surface area contributed by atoms with E-state index in [0.29, 0.717) is 37.4 Å². The van der Waals surface area contributed by atoms with Crippen molar-refractivity contribution in [2.24, 2.45) is 5.92 Å². The van der Waals surface area contributed by atoms with Crippen molar-refractivity contribution in [1.82, 2.24) is 9.80 Å². The van der Waals surface area contributed by atoms with E-state index in [4.69, 9.17) is 4.74 Å². The van der Waals surface area contributed by atoms with Gasteiger partial charge in [0.25, 0.3) is 5.54 Å². The number of phenols is 1. The molecular formula is C31H35N3O5. The molecule has 1 saturated heterocycles. The van der Waals surface area contributed by atoms with E-state index in [1.54, 1.807) is 24.1 Å². The first-order valence-electron chi connectivity index (χ1n) is 14.2. The number of phenolic OH excluding ortho intramolecular Hbond substituents is 1. The first kappa shape index (κ1) is 24.6. The third kappa shape index (κ3) is 3.36. The number of benzene rings is 2. The van der Waals surface area contributed by atoms with Crippen molar-refractivity contribution in [1.29, 1.82) is 0 Å². The number of aryl methyl sites for hydroxylation is 1. The Labute approximate surface area is 228 Å². The number of likely N-dealkylation sites (tertiary alicyclic amines) is 1. The molecule has 8 nitrogen and oxygen atoms in total. The number of aromatic hydroxyl groups is 1. The second-order valence-corrected chi connectivity index (χ2v) is 12.3. The summed E-state index contributed by atoms with van der Waals surface area (Å²) in [5.41, 5.74) is 1.83. The fourth-order valence-electron chi connectivity index (χ4n) is 8.45. The number of hydrogen-bond acceptors (Lipinski definition) is 6. The number of piperidine rings is 1. The Balaban J connectivity index is 1.29. The Morgan fingerprint density at radius 2 is 2.08 bits per heavy atom. The maximum Gasteiger partial charge on any atom is 0.251 e. The molecule has 2 bridgehead atoms. The van der Waals surface area contributed by atoms with E-state index in [1.165, 1.54) is 12.8 Å². The summed E-state index contributed by atoms with van der Waals surface area (Å²) in [6.45, 7) is 3.69. The number of likely N-dealkylation sites (N-methyl/N-ethyl adjacent to an activating group) is 1. The van der Waals surface area contributed by atoms with Gasteiger partial charge in [0.05, 0.1) is 12.1 Å². The summed E-state index contributed by atoms with van der Waals surface area (Å²) in [5.74, 6) is 0.895. The summed E-state index contributed by atoms with van der Waals surface area (Å²) >= 11 is 0.